The van der Waals surface area contributed by atoms with Gasteiger partial charge in [-0.3, -0.25) is 9.36 Å². The highest BCUT2D eigenvalue weighted by Crippen LogP contribution is 2.43. The molecule has 238 valence electrons. The molecule has 0 radical (unpaired) electrons. The van der Waals surface area contributed by atoms with E-state index >= 15 is 0 Å². The second kappa shape index (κ2) is 13.1. The molecule has 47 heavy (non-hydrogen) atoms. The number of aromatic nitrogens is 3. The predicted octanol–water partition coefficient (Wildman–Crippen LogP) is 4.44. The van der Waals surface area contributed by atoms with Gasteiger partial charge in [0.05, 0.1) is 21.2 Å². The Balaban J connectivity index is 1.45. The van der Waals surface area contributed by atoms with E-state index in [4.69, 9.17) is 18.9 Å². The minimum Gasteiger partial charge on any atom is -0.459 e. The summed E-state index contributed by atoms with van der Waals surface area (Å²) in [4.78, 5) is 72.1. The van der Waals surface area contributed by atoms with Crippen molar-refractivity contribution >= 4 is 44.9 Å². The highest BCUT2D eigenvalue weighted by atomic mass is 79.9. The van der Waals surface area contributed by atoms with E-state index in [-0.39, 0.29) is 26.8 Å². The summed E-state index contributed by atoms with van der Waals surface area (Å²) in [6.07, 6.45) is -2.70. The molecule has 0 saturated carbocycles. The first kappa shape index (κ1) is 31.6. The van der Waals surface area contributed by atoms with Crippen LogP contribution in [0.3, 0.4) is 0 Å². The molecule has 13 heteroatoms. The fraction of sp³-hybridized carbons (Fsp3) is 0.176. The second-order valence-electron chi connectivity index (χ2n) is 10.8. The molecule has 1 fully saturated rings. The van der Waals surface area contributed by atoms with Gasteiger partial charge in [-0.25, -0.2) is 19.2 Å². The van der Waals surface area contributed by atoms with Crippen LogP contribution in [-0.4, -0.2) is 56.9 Å². The zero-order valence-electron chi connectivity index (χ0n) is 24.7. The quantitative estimate of drug-likeness (QED) is 0.181. The SMILES string of the molecule is C[C@@]1(OC(=O)c2ccccc2)C(OC(=O)c2ccccc2)[C@@H](COC(=O)c2ccccc2)O[C@H]1n1cc2cc(Br)c(=O)[nH]c2nc1=O. The number of benzene rings is 3. The average Bonchev–Trinajstić information content (AvgIpc) is 3.35. The lowest BCUT2D eigenvalue weighted by molar-refractivity contribution is -0.111. The van der Waals surface area contributed by atoms with Crippen molar-refractivity contribution in [3.63, 3.8) is 0 Å². The van der Waals surface area contributed by atoms with Gasteiger partial charge >= 0.3 is 23.6 Å². The summed E-state index contributed by atoms with van der Waals surface area (Å²) in [6.45, 7) is 1.02. The first-order valence-electron chi connectivity index (χ1n) is 14.4. The molecule has 12 nitrogen and oxygen atoms in total. The molecule has 3 heterocycles. The van der Waals surface area contributed by atoms with Crippen molar-refractivity contribution in [1.29, 1.82) is 0 Å². The summed E-state index contributed by atoms with van der Waals surface area (Å²) in [5.41, 5.74) is -2.57. The number of aromatic amines is 1. The third-order valence-electron chi connectivity index (χ3n) is 7.61. The van der Waals surface area contributed by atoms with Gasteiger partial charge in [-0.1, -0.05) is 54.6 Å². The Hall–Kier alpha value is -5.40. The Kier molecular flexibility index (Phi) is 8.83. The van der Waals surface area contributed by atoms with Crippen LogP contribution in [0.2, 0.25) is 0 Å². The molecule has 1 aliphatic rings. The number of ether oxygens (including phenoxy) is 4. The molecule has 5 aromatic rings. The van der Waals surface area contributed by atoms with Crippen molar-refractivity contribution in [1.82, 2.24) is 14.5 Å². The molecule has 1 saturated heterocycles. The third kappa shape index (κ3) is 6.48. The van der Waals surface area contributed by atoms with Gasteiger partial charge in [-0.15, -0.1) is 0 Å². The number of esters is 3. The molecule has 0 aliphatic carbocycles. The van der Waals surface area contributed by atoms with Crippen LogP contribution in [0.15, 0.2) is 117 Å². The summed E-state index contributed by atoms with van der Waals surface area (Å²) in [5.74, 6) is -2.24. The highest BCUT2D eigenvalue weighted by Gasteiger charge is 2.60. The Labute approximate surface area is 275 Å². The highest BCUT2D eigenvalue weighted by molar-refractivity contribution is 9.10. The lowest BCUT2D eigenvalue weighted by Crippen LogP contribution is -2.51. The summed E-state index contributed by atoms with van der Waals surface area (Å²) < 4.78 is 25.3. The van der Waals surface area contributed by atoms with Crippen molar-refractivity contribution in [2.45, 2.75) is 31.0 Å². The maximum Gasteiger partial charge on any atom is 0.351 e. The number of halogens is 1. The zero-order chi connectivity index (χ0) is 33.1. The van der Waals surface area contributed by atoms with E-state index in [1.165, 1.54) is 31.3 Å². The lowest BCUT2D eigenvalue weighted by Gasteiger charge is -2.34. The van der Waals surface area contributed by atoms with E-state index < -0.39 is 59.8 Å². The number of fused-ring (bicyclic) bond motifs is 1. The molecule has 4 atom stereocenters. The van der Waals surface area contributed by atoms with E-state index in [0.29, 0.717) is 5.39 Å². The largest absolute Gasteiger partial charge is 0.459 e. The monoisotopic (exact) mass is 699 g/mol. The van der Waals surface area contributed by atoms with E-state index in [1.54, 1.807) is 78.9 Å². The first-order valence-corrected chi connectivity index (χ1v) is 15.2. The summed E-state index contributed by atoms with van der Waals surface area (Å²) in [5, 5.41) is 0.341. The van der Waals surface area contributed by atoms with Gasteiger partial charge in [0, 0.05) is 11.6 Å². The van der Waals surface area contributed by atoms with E-state index in [9.17, 15) is 24.0 Å². The van der Waals surface area contributed by atoms with Crippen LogP contribution < -0.4 is 11.2 Å². The summed E-state index contributed by atoms with van der Waals surface area (Å²) >= 11 is 3.18. The van der Waals surface area contributed by atoms with Crippen LogP contribution in [0.1, 0.15) is 44.2 Å². The third-order valence-corrected chi connectivity index (χ3v) is 8.20. The molecule has 2 aromatic heterocycles. The fourth-order valence-corrected chi connectivity index (χ4v) is 5.63. The van der Waals surface area contributed by atoms with Gasteiger partial charge in [-0.05, 0) is 65.3 Å². The molecular formula is C34H26BrN3O9. The fourth-order valence-electron chi connectivity index (χ4n) is 5.28. The number of pyridine rings is 1. The molecule has 3 aromatic carbocycles. The smallest absolute Gasteiger partial charge is 0.351 e. The Morgan fingerprint density at radius 3 is 2.02 bits per heavy atom. The molecular weight excluding hydrogens is 674 g/mol. The Morgan fingerprint density at radius 2 is 1.43 bits per heavy atom. The summed E-state index contributed by atoms with van der Waals surface area (Å²) in [7, 11) is 0. The van der Waals surface area contributed by atoms with E-state index in [0.717, 1.165) is 4.57 Å². The van der Waals surface area contributed by atoms with Crippen LogP contribution in [0.5, 0.6) is 0 Å². The average molecular weight is 700 g/mol. The molecule has 0 bridgehead atoms. The van der Waals surface area contributed by atoms with Gasteiger partial charge in [0.1, 0.15) is 18.4 Å². The maximum atomic E-state index is 13.6. The van der Waals surface area contributed by atoms with Crippen LogP contribution >= 0.6 is 15.9 Å². The van der Waals surface area contributed by atoms with Gasteiger partial charge in [0.15, 0.2) is 17.9 Å². The van der Waals surface area contributed by atoms with Crippen LogP contribution in [-0.2, 0) is 18.9 Å². The molecule has 1 unspecified atom stereocenters. The van der Waals surface area contributed by atoms with Crippen LogP contribution in [0, 0.1) is 0 Å². The normalized spacial score (nSPS) is 20.4. The van der Waals surface area contributed by atoms with Crippen LogP contribution in [0.4, 0.5) is 0 Å². The van der Waals surface area contributed by atoms with Crippen molar-refractivity contribution in [2.24, 2.45) is 0 Å². The molecule has 1 aliphatic heterocycles. The number of nitrogens with one attached hydrogen (secondary N) is 1. The number of hydrogen-bond donors (Lipinski definition) is 1. The summed E-state index contributed by atoms with van der Waals surface area (Å²) in [6, 6.07) is 25.9. The van der Waals surface area contributed by atoms with Crippen molar-refractivity contribution in [3.8, 4) is 0 Å². The minimum atomic E-state index is -1.89. The van der Waals surface area contributed by atoms with Gasteiger partial charge in [0.2, 0.25) is 0 Å². The van der Waals surface area contributed by atoms with Crippen molar-refractivity contribution in [2.75, 3.05) is 6.61 Å². The lowest BCUT2D eigenvalue weighted by atomic mass is 9.95. The molecule has 0 spiro atoms. The van der Waals surface area contributed by atoms with E-state index in [1.807, 2.05) is 0 Å². The molecule has 0 amide bonds. The van der Waals surface area contributed by atoms with Gasteiger partial charge < -0.3 is 23.9 Å². The molecule has 1 N–H and O–H groups in total. The number of hydrogen-bond acceptors (Lipinski definition) is 10. The molecule has 6 rings (SSSR count). The Bertz CT molecular complexity index is 2070. The zero-order valence-corrected chi connectivity index (χ0v) is 26.3. The van der Waals surface area contributed by atoms with Crippen molar-refractivity contribution < 1.29 is 33.3 Å². The second-order valence-corrected chi connectivity index (χ2v) is 11.7. The number of rotatable bonds is 8. The first-order chi connectivity index (χ1) is 22.6. The number of carbonyl (C=O) groups is 3. The van der Waals surface area contributed by atoms with Gasteiger partial charge in [-0.2, -0.15) is 4.98 Å². The predicted molar refractivity (Wildman–Crippen MR) is 171 cm³/mol. The number of H-pyrrole nitrogens is 1. The number of carbonyl (C=O) groups excluding carboxylic acids is 3. The van der Waals surface area contributed by atoms with Crippen molar-refractivity contribution in [3.05, 3.63) is 145 Å². The van der Waals surface area contributed by atoms with E-state index in [2.05, 4.69) is 25.9 Å². The number of nitrogens with zero attached hydrogens (tertiary/aromatic N) is 2. The maximum absolute atomic E-state index is 13.6. The topological polar surface area (TPSA) is 156 Å². The standard InChI is InChI=1S/C34H26BrN3O9/c1-34(47-31(42)22-15-9-4-10-16-22)26(46-30(41)21-13-7-3-8-14-21)25(19-44-29(40)20-11-5-2-6-12-20)45-32(34)38-18-23-17-24(35)28(39)36-27(23)37-33(38)43/h2-18,25-26,32H,19H2,1H3,(H,36,37,39,43)/t25-,26?,32-,34-/m1/s1. The minimum absolute atomic E-state index is 0.0147. The van der Waals surface area contributed by atoms with Gasteiger partial charge in [0.25, 0.3) is 5.56 Å². The Morgan fingerprint density at radius 1 is 0.872 bits per heavy atom. The van der Waals surface area contributed by atoms with Crippen LogP contribution in [0.25, 0.3) is 11.0 Å².